The van der Waals surface area contributed by atoms with Gasteiger partial charge in [-0.3, -0.25) is 14.9 Å². The molecular weight excluding hydrogens is 390 g/mol. The molecule has 0 aliphatic rings. The van der Waals surface area contributed by atoms with Crippen LogP contribution < -0.4 is 10.6 Å². The minimum Gasteiger partial charge on any atom is -0.322 e. The molecule has 31 heavy (non-hydrogen) atoms. The number of rotatable bonds is 6. The number of benzene rings is 3. The summed E-state index contributed by atoms with van der Waals surface area (Å²) >= 11 is 0. The van der Waals surface area contributed by atoms with Crippen LogP contribution in [0.2, 0.25) is 0 Å². The molecule has 0 aliphatic carbocycles. The quantitative estimate of drug-likeness (QED) is 0.468. The first-order valence-electron chi connectivity index (χ1n) is 9.60. The van der Waals surface area contributed by atoms with E-state index >= 15 is 0 Å². The summed E-state index contributed by atoms with van der Waals surface area (Å²) in [5, 5.41) is 9.78. The second-order valence-electron chi connectivity index (χ2n) is 6.62. The van der Waals surface area contributed by atoms with Gasteiger partial charge in [-0.1, -0.05) is 54.6 Å². The molecule has 0 saturated carbocycles. The number of aromatic nitrogens is 3. The molecule has 152 valence electrons. The van der Waals surface area contributed by atoms with Crippen molar-refractivity contribution in [1.82, 2.24) is 14.8 Å². The summed E-state index contributed by atoms with van der Waals surface area (Å²) in [6.45, 7) is 0. The Morgan fingerprint density at radius 2 is 1.58 bits per heavy atom. The Morgan fingerprint density at radius 3 is 2.35 bits per heavy atom. The number of hydrogen-bond acceptors (Lipinski definition) is 4. The Morgan fingerprint density at radius 1 is 0.839 bits per heavy atom. The molecular formula is C24H19N5O2. The maximum Gasteiger partial charge on any atom is 0.258 e. The van der Waals surface area contributed by atoms with Gasteiger partial charge in [-0.05, 0) is 42.0 Å². The van der Waals surface area contributed by atoms with Crippen molar-refractivity contribution in [3.8, 4) is 5.69 Å². The van der Waals surface area contributed by atoms with E-state index in [1.807, 2.05) is 42.5 Å². The second kappa shape index (κ2) is 9.32. The molecule has 0 unspecified atom stereocenters. The van der Waals surface area contributed by atoms with Gasteiger partial charge in [0, 0.05) is 17.3 Å². The number of carbonyl (C=O) groups is 2. The summed E-state index contributed by atoms with van der Waals surface area (Å²) in [4.78, 5) is 28.6. The first-order chi connectivity index (χ1) is 15.2. The highest BCUT2D eigenvalue weighted by molar-refractivity contribution is 6.03. The van der Waals surface area contributed by atoms with E-state index in [1.54, 1.807) is 48.5 Å². The van der Waals surface area contributed by atoms with Crippen LogP contribution in [0.1, 0.15) is 15.9 Å². The maximum absolute atomic E-state index is 12.2. The van der Waals surface area contributed by atoms with Gasteiger partial charge < -0.3 is 5.32 Å². The Hall–Kier alpha value is -4.52. The summed E-state index contributed by atoms with van der Waals surface area (Å²) < 4.78 is 1.52. The molecule has 0 radical (unpaired) electrons. The maximum atomic E-state index is 12.2. The first-order valence-corrected chi connectivity index (χ1v) is 9.60. The third-order valence-corrected chi connectivity index (χ3v) is 4.36. The molecule has 7 nitrogen and oxygen atoms in total. The Bertz CT molecular complexity index is 1220. The van der Waals surface area contributed by atoms with E-state index in [0.29, 0.717) is 16.9 Å². The average molecular weight is 409 g/mol. The molecule has 0 atom stereocenters. The number of nitrogens with zero attached hydrogens (tertiary/aromatic N) is 3. The van der Waals surface area contributed by atoms with E-state index in [9.17, 15) is 9.59 Å². The van der Waals surface area contributed by atoms with Crippen molar-refractivity contribution in [3.63, 3.8) is 0 Å². The number of carbonyl (C=O) groups excluding carboxylic acids is 2. The van der Waals surface area contributed by atoms with Crippen molar-refractivity contribution in [2.24, 2.45) is 0 Å². The van der Waals surface area contributed by atoms with E-state index in [1.165, 1.54) is 17.1 Å². The summed E-state index contributed by atoms with van der Waals surface area (Å²) in [5.41, 5.74) is 2.77. The van der Waals surface area contributed by atoms with E-state index in [-0.39, 0.29) is 17.8 Å². The lowest BCUT2D eigenvalue weighted by Crippen LogP contribution is -2.13. The predicted octanol–water partition coefficient (Wildman–Crippen LogP) is 4.17. The third kappa shape index (κ3) is 5.30. The molecule has 1 heterocycles. The zero-order chi connectivity index (χ0) is 21.5. The van der Waals surface area contributed by atoms with Gasteiger partial charge in [-0.25, -0.2) is 4.68 Å². The SMILES string of the molecule is O=C(C=Cc1ccccc1)Nc1cccc(-n2cnc(NC(=O)c3ccccc3)n2)c1. The highest BCUT2D eigenvalue weighted by Crippen LogP contribution is 2.15. The topological polar surface area (TPSA) is 88.9 Å². The number of amides is 2. The zero-order valence-electron chi connectivity index (χ0n) is 16.5. The molecule has 0 fully saturated rings. The molecule has 2 N–H and O–H groups in total. The fourth-order valence-corrected chi connectivity index (χ4v) is 2.85. The fourth-order valence-electron chi connectivity index (χ4n) is 2.85. The highest BCUT2D eigenvalue weighted by atomic mass is 16.2. The molecule has 0 bridgehead atoms. The third-order valence-electron chi connectivity index (χ3n) is 4.36. The number of nitrogens with one attached hydrogen (secondary N) is 2. The van der Waals surface area contributed by atoms with Crippen LogP contribution in [0.5, 0.6) is 0 Å². The smallest absolute Gasteiger partial charge is 0.258 e. The van der Waals surface area contributed by atoms with Crippen LogP contribution in [-0.4, -0.2) is 26.6 Å². The van der Waals surface area contributed by atoms with E-state index in [2.05, 4.69) is 20.7 Å². The monoisotopic (exact) mass is 409 g/mol. The standard InChI is InChI=1S/C24H19N5O2/c30-22(15-14-18-8-3-1-4-9-18)26-20-12-7-13-21(16-20)29-17-25-24(28-29)27-23(31)19-10-5-2-6-11-19/h1-17H,(H,26,30)(H,27,28,31). The molecule has 0 spiro atoms. The molecule has 4 rings (SSSR count). The Balaban J connectivity index is 1.42. The van der Waals surface area contributed by atoms with Crippen molar-refractivity contribution in [3.05, 3.63) is 108 Å². The van der Waals surface area contributed by atoms with Gasteiger partial charge in [0.15, 0.2) is 0 Å². The lowest BCUT2D eigenvalue weighted by atomic mass is 10.2. The van der Waals surface area contributed by atoms with Gasteiger partial charge in [0.25, 0.3) is 5.91 Å². The minimum atomic E-state index is -0.287. The van der Waals surface area contributed by atoms with E-state index in [0.717, 1.165) is 5.56 Å². The van der Waals surface area contributed by atoms with Gasteiger partial charge in [0.05, 0.1) is 5.69 Å². The second-order valence-corrected chi connectivity index (χ2v) is 6.62. The Labute approximate surface area is 179 Å². The van der Waals surface area contributed by atoms with Crippen molar-refractivity contribution in [2.75, 3.05) is 10.6 Å². The molecule has 3 aromatic carbocycles. The van der Waals surface area contributed by atoms with Crippen LogP contribution in [0.3, 0.4) is 0 Å². The first kappa shape index (κ1) is 19.8. The molecule has 2 amide bonds. The van der Waals surface area contributed by atoms with Crippen LogP contribution in [-0.2, 0) is 4.79 Å². The lowest BCUT2D eigenvalue weighted by molar-refractivity contribution is -0.111. The predicted molar refractivity (Wildman–Crippen MR) is 120 cm³/mol. The summed E-state index contributed by atoms with van der Waals surface area (Å²) in [5.74, 6) is -0.339. The number of anilines is 2. The van der Waals surface area contributed by atoms with Gasteiger partial charge in [0.2, 0.25) is 11.9 Å². The van der Waals surface area contributed by atoms with Gasteiger partial charge >= 0.3 is 0 Å². The minimum absolute atomic E-state index is 0.189. The normalized spacial score (nSPS) is 10.7. The van der Waals surface area contributed by atoms with Crippen LogP contribution in [0.15, 0.2) is 97.3 Å². The largest absolute Gasteiger partial charge is 0.322 e. The molecule has 7 heteroatoms. The van der Waals surface area contributed by atoms with Gasteiger partial charge in [0.1, 0.15) is 6.33 Å². The van der Waals surface area contributed by atoms with Crippen molar-refractivity contribution in [2.45, 2.75) is 0 Å². The summed E-state index contributed by atoms with van der Waals surface area (Å²) in [7, 11) is 0. The lowest BCUT2D eigenvalue weighted by Gasteiger charge is -2.05. The summed E-state index contributed by atoms with van der Waals surface area (Å²) in [6.07, 6.45) is 4.73. The number of hydrogen-bond donors (Lipinski definition) is 2. The zero-order valence-corrected chi connectivity index (χ0v) is 16.5. The molecule has 4 aromatic rings. The van der Waals surface area contributed by atoms with Crippen LogP contribution in [0, 0.1) is 0 Å². The van der Waals surface area contributed by atoms with Crippen molar-refractivity contribution < 1.29 is 9.59 Å². The molecule has 0 aliphatic heterocycles. The van der Waals surface area contributed by atoms with Gasteiger partial charge in [-0.2, -0.15) is 4.98 Å². The van der Waals surface area contributed by atoms with Crippen LogP contribution in [0.4, 0.5) is 11.6 Å². The van der Waals surface area contributed by atoms with Crippen molar-refractivity contribution in [1.29, 1.82) is 0 Å². The van der Waals surface area contributed by atoms with Gasteiger partial charge in [-0.15, -0.1) is 5.10 Å². The van der Waals surface area contributed by atoms with Crippen LogP contribution >= 0.6 is 0 Å². The molecule has 0 saturated heterocycles. The molecule has 1 aromatic heterocycles. The van der Waals surface area contributed by atoms with Crippen LogP contribution in [0.25, 0.3) is 11.8 Å². The Kier molecular flexibility index (Phi) is 5.95. The average Bonchev–Trinajstić information content (AvgIpc) is 3.28. The van der Waals surface area contributed by atoms with Crippen molar-refractivity contribution >= 4 is 29.5 Å². The van der Waals surface area contributed by atoms with E-state index in [4.69, 9.17) is 0 Å². The summed E-state index contributed by atoms with van der Waals surface area (Å²) in [6, 6.07) is 25.6. The highest BCUT2D eigenvalue weighted by Gasteiger charge is 2.09. The fraction of sp³-hybridized carbons (Fsp3) is 0. The van der Waals surface area contributed by atoms with E-state index < -0.39 is 0 Å².